The zero-order chi connectivity index (χ0) is 17.4. The molecule has 2 aromatic carbocycles. The summed E-state index contributed by atoms with van der Waals surface area (Å²) < 4.78 is 28.0. The normalized spacial score (nSPS) is 19.2. The van der Waals surface area contributed by atoms with Gasteiger partial charge in [-0.3, -0.25) is 4.79 Å². The number of aryl methyl sites for hydroxylation is 1. The Hall–Kier alpha value is -2.18. The molecule has 0 fully saturated rings. The lowest BCUT2D eigenvalue weighted by Gasteiger charge is -2.30. The van der Waals surface area contributed by atoms with Gasteiger partial charge < -0.3 is 5.32 Å². The molecule has 0 radical (unpaired) electrons. The molecule has 1 unspecified atom stereocenters. The summed E-state index contributed by atoms with van der Waals surface area (Å²) in [4.78, 5) is 11.9. The van der Waals surface area contributed by atoms with Gasteiger partial charge in [-0.2, -0.15) is 0 Å². The first-order chi connectivity index (χ1) is 12.0. The Morgan fingerprint density at radius 3 is 2.76 bits per heavy atom. The number of rotatable bonds is 4. The predicted molar refractivity (Wildman–Crippen MR) is 96.1 cm³/mol. The number of fused-ring (bicyclic) bond motifs is 2. The van der Waals surface area contributed by atoms with E-state index in [0.29, 0.717) is 19.4 Å². The van der Waals surface area contributed by atoms with Crippen LogP contribution in [0, 0.1) is 0 Å². The van der Waals surface area contributed by atoms with Gasteiger partial charge in [-0.25, -0.2) is 13.1 Å². The van der Waals surface area contributed by atoms with E-state index in [9.17, 15) is 13.2 Å². The molecule has 1 aliphatic carbocycles. The summed E-state index contributed by atoms with van der Waals surface area (Å²) in [5.74, 6) is 0.224. The number of sulfonamides is 1. The van der Waals surface area contributed by atoms with Crippen molar-refractivity contribution in [2.24, 2.45) is 0 Å². The van der Waals surface area contributed by atoms with Gasteiger partial charge in [-0.15, -0.1) is 0 Å². The quantitative estimate of drug-likeness (QED) is 0.884. The molecule has 25 heavy (non-hydrogen) atoms. The number of carbonyl (C=O) groups excluding carboxylic acids is 1. The first-order valence-electron chi connectivity index (χ1n) is 8.53. The highest BCUT2D eigenvalue weighted by Gasteiger charge is 2.27. The summed E-state index contributed by atoms with van der Waals surface area (Å²) in [6, 6.07) is 13.1. The Labute approximate surface area is 147 Å². The fourth-order valence-electron chi connectivity index (χ4n) is 3.56. The minimum atomic E-state index is -3.56. The van der Waals surface area contributed by atoms with E-state index in [2.05, 4.69) is 22.2 Å². The highest BCUT2D eigenvalue weighted by atomic mass is 32.2. The van der Waals surface area contributed by atoms with Gasteiger partial charge in [0.2, 0.25) is 15.9 Å². The molecule has 0 saturated carbocycles. The maximum Gasteiger partial charge on any atom is 0.240 e. The van der Waals surface area contributed by atoms with Gasteiger partial charge in [0.05, 0.1) is 4.90 Å². The lowest BCUT2D eigenvalue weighted by Crippen LogP contribution is -2.33. The van der Waals surface area contributed by atoms with Crippen molar-refractivity contribution in [3.8, 4) is 0 Å². The molecule has 6 heteroatoms. The molecule has 5 nitrogen and oxygen atoms in total. The average Bonchev–Trinajstić information content (AvgIpc) is 2.75. The molecular weight excluding hydrogens is 336 g/mol. The number of amides is 1. The summed E-state index contributed by atoms with van der Waals surface area (Å²) in [6.45, 7) is 0.410. The van der Waals surface area contributed by atoms with Crippen molar-refractivity contribution in [3.63, 3.8) is 0 Å². The van der Waals surface area contributed by atoms with E-state index in [1.807, 2.05) is 12.1 Å². The third-order valence-corrected chi connectivity index (χ3v) is 6.41. The zero-order valence-electron chi connectivity index (χ0n) is 13.8. The Kier molecular flexibility index (Phi) is 4.09. The first-order valence-corrected chi connectivity index (χ1v) is 10.0. The first kappa shape index (κ1) is 16.3. The molecule has 0 spiro atoms. The Morgan fingerprint density at radius 2 is 1.92 bits per heavy atom. The Morgan fingerprint density at radius 1 is 1.08 bits per heavy atom. The fourth-order valence-corrected chi connectivity index (χ4v) is 4.69. The van der Waals surface area contributed by atoms with Gasteiger partial charge in [-0.05, 0) is 54.2 Å². The van der Waals surface area contributed by atoms with Crippen LogP contribution < -0.4 is 10.0 Å². The van der Waals surface area contributed by atoms with E-state index >= 15 is 0 Å². The molecule has 1 heterocycles. The fraction of sp³-hybridized carbons (Fsp3) is 0.316. The lowest BCUT2D eigenvalue weighted by atomic mass is 9.78. The molecular formula is C19H20N2O3S. The van der Waals surface area contributed by atoms with Crippen LogP contribution in [0.2, 0.25) is 0 Å². The largest absolute Gasteiger partial charge is 0.326 e. The topological polar surface area (TPSA) is 75.3 Å². The molecule has 1 amide bonds. The number of benzene rings is 2. The second kappa shape index (κ2) is 6.28. The van der Waals surface area contributed by atoms with Crippen LogP contribution in [0.5, 0.6) is 0 Å². The van der Waals surface area contributed by atoms with Crippen LogP contribution in [0.15, 0.2) is 47.4 Å². The van der Waals surface area contributed by atoms with Gasteiger partial charge in [0.15, 0.2) is 0 Å². The van der Waals surface area contributed by atoms with Crippen LogP contribution in [-0.2, 0) is 27.7 Å². The van der Waals surface area contributed by atoms with E-state index in [0.717, 1.165) is 24.1 Å². The van der Waals surface area contributed by atoms with Crippen molar-refractivity contribution < 1.29 is 13.2 Å². The smallest absolute Gasteiger partial charge is 0.240 e. The number of nitrogens with one attached hydrogen (secondary N) is 2. The van der Waals surface area contributed by atoms with Crippen molar-refractivity contribution in [1.29, 1.82) is 0 Å². The molecule has 1 atom stereocenters. The highest BCUT2D eigenvalue weighted by Crippen LogP contribution is 2.34. The third-order valence-electron chi connectivity index (χ3n) is 4.99. The number of anilines is 1. The van der Waals surface area contributed by atoms with Crippen molar-refractivity contribution in [1.82, 2.24) is 4.72 Å². The maximum absolute atomic E-state index is 12.6. The summed E-state index contributed by atoms with van der Waals surface area (Å²) in [7, 11) is -3.56. The van der Waals surface area contributed by atoms with Gasteiger partial charge in [0.25, 0.3) is 0 Å². The maximum atomic E-state index is 12.6. The lowest BCUT2D eigenvalue weighted by molar-refractivity contribution is -0.116. The van der Waals surface area contributed by atoms with Crippen molar-refractivity contribution in [3.05, 3.63) is 59.2 Å². The van der Waals surface area contributed by atoms with Crippen LogP contribution >= 0.6 is 0 Å². The minimum Gasteiger partial charge on any atom is -0.326 e. The molecule has 1 aliphatic heterocycles. The van der Waals surface area contributed by atoms with Crippen LogP contribution in [0.25, 0.3) is 0 Å². The molecule has 2 N–H and O–H groups in total. The van der Waals surface area contributed by atoms with Crippen LogP contribution in [0.3, 0.4) is 0 Å². The number of hydrogen-bond acceptors (Lipinski definition) is 3. The average molecular weight is 356 g/mol. The van der Waals surface area contributed by atoms with Crippen molar-refractivity contribution in [2.45, 2.75) is 36.5 Å². The second-order valence-corrected chi connectivity index (χ2v) is 8.44. The van der Waals surface area contributed by atoms with E-state index in [1.54, 1.807) is 18.2 Å². The Bertz CT molecular complexity index is 937. The molecule has 0 bridgehead atoms. The van der Waals surface area contributed by atoms with Gasteiger partial charge in [0.1, 0.15) is 0 Å². The summed E-state index contributed by atoms with van der Waals surface area (Å²) in [5, 5.41) is 2.83. The molecule has 0 saturated heterocycles. The van der Waals surface area contributed by atoms with E-state index < -0.39 is 10.0 Å². The standard InChI is InChI=1S/C19H20N2O3S/c22-19-7-3-5-14-11-16(8-9-18(14)21-19)25(23,24)20-12-15-10-13-4-1-2-6-17(13)15/h1-2,4,6,8-9,11,15,20H,3,5,7,10,12H2,(H,21,22). The third kappa shape index (κ3) is 3.19. The summed E-state index contributed by atoms with van der Waals surface area (Å²) >= 11 is 0. The highest BCUT2D eigenvalue weighted by molar-refractivity contribution is 7.89. The molecule has 130 valence electrons. The molecule has 2 aliphatic rings. The van der Waals surface area contributed by atoms with E-state index in [1.165, 1.54) is 11.1 Å². The SMILES string of the molecule is O=C1CCCc2cc(S(=O)(=O)NCC3Cc4ccccc43)ccc2N1. The monoisotopic (exact) mass is 356 g/mol. The van der Waals surface area contributed by atoms with Crippen LogP contribution in [-0.4, -0.2) is 20.9 Å². The van der Waals surface area contributed by atoms with Gasteiger partial charge in [0, 0.05) is 24.6 Å². The van der Waals surface area contributed by atoms with Crippen molar-refractivity contribution in [2.75, 3.05) is 11.9 Å². The summed E-state index contributed by atoms with van der Waals surface area (Å²) in [5.41, 5.74) is 4.12. The van der Waals surface area contributed by atoms with E-state index in [-0.39, 0.29) is 16.7 Å². The second-order valence-electron chi connectivity index (χ2n) is 6.67. The van der Waals surface area contributed by atoms with E-state index in [4.69, 9.17) is 0 Å². The van der Waals surface area contributed by atoms with Crippen LogP contribution in [0.1, 0.15) is 35.4 Å². The summed E-state index contributed by atoms with van der Waals surface area (Å²) in [6.07, 6.45) is 2.81. The van der Waals surface area contributed by atoms with Crippen LogP contribution in [0.4, 0.5) is 5.69 Å². The van der Waals surface area contributed by atoms with Gasteiger partial charge >= 0.3 is 0 Å². The minimum absolute atomic E-state index is 0.0175. The van der Waals surface area contributed by atoms with Crippen molar-refractivity contribution >= 4 is 21.6 Å². The number of hydrogen-bond donors (Lipinski definition) is 2. The predicted octanol–water partition coefficient (Wildman–Crippen LogP) is 2.58. The Balaban J connectivity index is 1.49. The molecule has 2 aromatic rings. The number of carbonyl (C=O) groups is 1. The molecule has 4 rings (SSSR count). The molecule has 0 aromatic heterocycles. The zero-order valence-corrected chi connectivity index (χ0v) is 14.6. The van der Waals surface area contributed by atoms with Gasteiger partial charge in [-0.1, -0.05) is 24.3 Å².